The Labute approximate surface area is 142 Å². The number of nitrogens with one attached hydrogen (secondary N) is 1. The van der Waals surface area contributed by atoms with E-state index in [1.807, 2.05) is 4.90 Å². The molecule has 6 heteroatoms. The fourth-order valence-corrected chi connectivity index (χ4v) is 3.62. The van der Waals surface area contributed by atoms with Gasteiger partial charge < -0.3 is 15.0 Å². The molecule has 132 valence electrons. The van der Waals surface area contributed by atoms with E-state index in [2.05, 4.69) is 17.3 Å². The molecule has 3 rings (SSSR count). The molecule has 1 aromatic rings. The van der Waals surface area contributed by atoms with E-state index >= 15 is 0 Å². The zero-order valence-corrected chi connectivity index (χ0v) is 14.2. The summed E-state index contributed by atoms with van der Waals surface area (Å²) in [5.41, 5.74) is 0. The lowest BCUT2D eigenvalue weighted by atomic mass is 10.1. The molecule has 2 aliphatic rings. The summed E-state index contributed by atoms with van der Waals surface area (Å²) < 4.78 is 18.8. The summed E-state index contributed by atoms with van der Waals surface area (Å²) in [6, 6.07) is 7.48. The molecule has 0 unspecified atom stereocenters. The number of hydrogen-bond acceptors (Lipinski definition) is 3. The van der Waals surface area contributed by atoms with Crippen LogP contribution in [0.25, 0.3) is 0 Å². The number of para-hydroxylation sites is 1. The van der Waals surface area contributed by atoms with Crippen molar-refractivity contribution in [2.75, 3.05) is 33.3 Å². The summed E-state index contributed by atoms with van der Waals surface area (Å²) in [5, 5.41) is 2.95. The molecular weight excluding hydrogens is 309 g/mol. The number of likely N-dealkylation sites (N-methyl/N-ethyl adjacent to an activating group) is 1. The minimum absolute atomic E-state index is 0.00171. The van der Waals surface area contributed by atoms with Crippen molar-refractivity contribution in [3.8, 4) is 5.75 Å². The van der Waals surface area contributed by atoms with Gasteiger partial charge in [0.05, 0.1) is 6.61 Å². The summed E-state index contributed by atoms with van der Waals surface area (Å²) in [6.45, 7) is 2.55. The first-order chi connectivity index (χ1) is 11.6. The third kappa shape index (κ3) is 3.98. The van der Waals surface area contributed by atoms with Crippen LogP contribution in [0.3, 0.4) is 0 Å². The number of urea groups is 1. The molecule has 2 heterocycles. The van der Waals surface area contributed by atoms with Gasteiger partial charge in [-0.15, -0.1) is 0 Å². The van der Waals surface area contributed by atoms with Gasteiger partial charge in [-0.3, -0.25) is 4.90 Å². The smallest absolute Gasteiger partial charge is 0.317 e. The molecule has 2 fully saturated rings. The van der Waals surface area contributed by atoms with Gasteiger partial charge in [-0.05, 0) is 44.9 Å². The van der Waals surface area contributed by atoms with Gasteiger partial charge in [-0.25, -0.2) is 9.18 Å². The fraction of sp³-hybridized carbons (Fsp3) is 0.611. The summed E-state index contributed by atoms with van der Waals surface area (Å²) in [4.78, 5) is 16.7. The Kier molecular flexibility index (Phi) is 5.56. The highest BCUT2D eigenvalue weighted by molar-refractivity contribution is 5.74. The lowest BCUT2D eigenvalue weighted by Crippen LogP contribution is -2.45. The summed E-state index contributed by atoms with van der Waals surface area (Å²) in [7, 11) is 2.17. The number of likely N-dealkylation sites (tertiary alicyclic amines) is 1. The molecule has 1 N–H and O–H groups in total. The molecule has 2 atom stereocenters. The first-order valence-corrected chi connectivity index (χ1v) is 8.77. The zero-order chi connectivity index (χ0) is 16.9. The molecule has 5 nitrogen and oxygen atoms in total. The average molecular weight is 335 g/mol. The molecule has 0 aromatic heterocycles. The van der Waals surface area contributed by atoms with E-state index < -0.39 is 0 Å². The number of halogens is 1. The van der Waals surface area contributed by atoms with E-state index in [0.717, 1.165) is 19.5 Å². The van der Waals surface area contributed by atoms with Gasteiger partial charge in [0.2, 0.25) is 0 Å². The highest BCUT2D eigenvalue weighted by Crippen LogP contribution is 2.28. The van der Waals surface area contributed by atoms with E-state index in [1.165, 1.54) is 18.9 Å². The third-order valence-electron chi connectivity index (χ3n) is 5.13. The number of rotatable bonds is 5. The number of fused-ring (bicyclic) bond motifs is 2. The number of benzene rings is 1. The second-order valence-electron chi connectivity index (χ2n) is 6.65. The molecule has 0 aliphatic carbocycles. The maximum atomic E-state index is 13.4. The van der Waals surface area contributed by atoms with Crippen LogP contribution in [0.15, 0.2) is 24.3 Å². The van der Waals surface area contributed by atoms with Crippen molar-refractivity contribution in [2.24, 2.45) is 0 Å². The number of ether oxygens (including phenoxy) is 1. The van der Waals surface area contributed by atoms with Gasteiger partial charge in [0.25, 0.3) is 0 Å². The standard InChI is InChI=1S/C18H26FN3O2/c1-21-14-7-8-15(21)13-22(11-9-14)18(23)20-10-4-12-24-17-6-3-2-5-16(17)19/h2-3,5-6,14-15H,4,7-13H2,1H3,(H,20,23)/t14-,15-/m0/s1. The Bertz CT molecular complexity index is 569. The topological polar surface area (TPSA) is 44.8 Å². The summed E-state index contributed by atoms with van der Waals surface area (Å²) >= 11 is 0. The van der Waals surface area contributed by atoms with Gasteiger partial charge in [0, 0.05) is 31.7 Å². The second-order valence-corrected chi connectivity index (χ2v) is 6.65. The highest BCUT2D eigenvalue weighted by atomic mass is 19.1. The van der Waals surface area contributed by atoms with Gasteiger partial charge in [-0.1, -0.05) is 12.1 Å². The predicted molar refractivity (Wildman–Crippen MR) is 90.7 cm³/mol. The van der Waals surface area contributed by atoms with Gasteiger partial charge >= 0.3 is 6.03 Å². The van der Waals surface area contributed by atoms with Gasteiger partial charge in [0.1, 0.15) is 0 Å². The van der Waals surface area contributed by atoms with Crippen LogP contribution < -0.4 is 10.1 Å². The minimum Gasteiger partial charge on any atom is -0.490 e. The maximum absolute atomic E-state index is 13.4. The Balaban J connectivity index is 1.36. The highest BCUT2D eigenvalue weighted by Gasteiger charge is 2.35. The van der Waals surface area contributed by atoms with E-state index in [1.54, 1.807) is 18.2 Å². The molecule has 0 radical (unpaired) electrons. The Morgan fingerprint density at radius 3 is 2.92 bits per heavy atom. The van der Waals surface area contributed by atoms with E-state index in [4.69, 9.17) is 4.74 Å². The largest absolute Gasteiger partial charge is 0.490 e. The van der Waals surface area contributed by atoms with Crippen LogP contribution in [0.5, 0.6) is 5.75 Å². The zero-order valence-electron chi connectivity index (χ0n) is 14.2. The molecule has 2 bridgehead atoms. The van der Waals surface area contributed by atoms with Crippen LogP contribution in [0.1, 0.15) is 25.7 Å². The van der Waals surface area contributed by atoms with E-state index in [-0.39, 0.29) is 17.6 Å². The maximum Gasteiger partial charge on any atom is 0.317 e. The van der Waals surface area contributed by atoms with E-state index in [9.17, 15) is 9.18 Å². The monoisotopic (exact) mass is 335 g/mol. The number of hydrogen-bond donors (Lipinski definition) is 1. The second kappa shape index (κ2) is 7.83. The number of nitrogens with zero attached hydrogens (tertiary/aromatic N) is 2. The normalized spacial score (nSPS) is 23.8. The van der Waals surface area contributed by atoms with Crippen molar-refractivity contribution in [3.63, 3.8) is 0 Å². The van der Waals surface area contributed by atoms with Crippen LogP contribution in [0, 0.1) is 5.82 Å². The van der Waals surface area contributed by atoms with Crippen molar-refractivity contribution in [2.45, 2.75) is 37.8 Å². The molecule has 2 amide bonds. The van der Waals surface area contributed by atoms with Crippen molar-refractivity contribution in [1.82, 2.24) is 15.1 Å². The molecule has 24 heavy (non-hydrogen) atoms. The Hall–Kier alpha value is -1.82. The Morgan fingerprint density at radius 1 is 1.29 bits per heavy atom. The van der Waals surface area contributed by atoms with Crippen molar-refractivity contribution >= 4 is 6.03 Å². The van der Waals surface area contributed by atoms with Gasteiger partial charge in [-0.2, -0.15) is 0 Å². The van der Waals surface area contributed by atoms with Crippen LogP contribution in [0.4, 0.5) is 9.18 Å². The number of carbonyl (C=O) groups excluding carboxylic acids is 1. The van der Waals surface area contributed by atoms with Crippen LogP contribution in [-0.4, -0.2) is 61.2 Å². The lowest BCUT2D eigenvalue weighted by molar-refractivity contribution is 0.187. The third-order valence-corrected chi connectivity index (χ3v) is 5.13. The first-order valence-electron chi connectivity index (χ1n) is 8.77. The van der Waals surface area contributed by atoms with Crippen LogP contribution in [0.2, 0.25) is 0 Å². The van der Waals surface area contributed by atoms with Crippen molar-refractivity contribution < 1.29 is 13.9 Å². The van der Waals surface area contributed by atoms with Crippen LogP contribution in [-0.2, 0) is 0 Å². The summed E-state index contributed by atoms with van der Waals surface area (Å²) in [6.07, 6.45) is 4.14. The van der Waals surface area contributed by atoms with Crippen LogP contribution >= 0.6 is 0 Å². The minimum atomic E-state index is -0.356. The molecule has 1 aromatic carbocycles. The first kappa shape index (κ1) is 17.0. The SMILES string of the molecule is CN1[C@H]2CC[C@H]1CN(C(=O)NCCCOc1ccccc1F)CC2. The fourth-order valence-electron chi connectivity index (χ4n) is 3.62. The lowest BCUT2D eigenvalue weighted by Gasteiger charge is -2.26. The number of carbonyl (C=O) groups is 1. The van der Waals surface area contributed by atoms with Gasteiger partial charge in [0.15, 0.2) is 11.6 Å². The number of amides is 2. The molecule has 0 spiro atoms. The predicted octanol–water partition coefficient (Wildman–Crippen LogP) is 2.47. The van der Waals surface area contributed by atoms with Crippen molar-refractivity contribution in [1.29, 1.82) is 0 Å². The summed E-state index contributed by atoms with van der Waals surface area (Å²) in [5.74, 6) is -0.0966. The Morgan fingerprint density at radius 2 is 2.08 bits per heavy atom. The van der Waals surface area contributed by atoms with E-state index in [0.29, 0.717) is 31.7 Å². The molecular formula is C18H26FN3O2. The van der Waals surface area contributed by atoms with Crippen molar-refractivity contribution in [3.05, 3.63) is 30.1 Å². The molecule has 2 saturated heterocycles. The average Bonchev–Trinajstić information content (AvgIpc) is 2.81. The molecule has 0 saturated carbocycles. The molecule has 2 aliphatic heterocycles. The quantitative estimate of drug-likeness (QED) is 0.841.